The van der Waals surface area contributed by atoms with Crippen LogP contribution in [-0.4, -0.2) is 53.2 Å². The first-order chi connectivity index (χ1) is 8.40. The quantitative estimate of drug-likeness (QED) is 0.668. The zero-order chi connectivity index (χ0) is 13.7. The van der Waals surface area contributed by atoms with Crippen molar-refractivity contribution in [2.45, 2.75) is 51.8 Å². The lowest BCUT2D eigenvalue weighted by molar-refractivity contribution is -0.125. The van der Waals surface area contributed by atoms with Crippen molar-refractivity contribution < 1.29 is 14.7 Å². The Labute approximate surface area is 108 Å². The van der Waals surface area contributed by atoms with E-state index in [1.165, 1.54) is 0 Å². The SMILES string of the molecule is CC(C)NC(=O)NC(=O)C(C)N1CCC(O)CC1. The summed E-state index contributed by atoms with van der Waals surface area (Å²) in [4.78, 5) is 25.2. The minimum absolute atomic E-state index is 0.00163. The van der Waals surface area contributed by atoms with Crippen LogP contribution in [0.4, 0.5) is 4.79 Å². The number of hydrogen-bond acceptors (Lipinski definition) is 4. The third-order valence-electron chi connectivity index (χ3n) is 3.08. The maximum absolute atomic E-state index is 11.8. The molecule has 0 spiro atoms. The predicted octanol–water partition coefficient (Wildman–Crippen LogP) is 0.0658. The molecule has 1 unspecified atom stereocenters. The monoisotopic (exact) mass is 257 g/mol. The first-order valence-electron chi connectivity index (χ1n) is 6.43. The smallest absolute Gasteiger partial charge is 0.321 e. The van der Waals surface area contributed by atoms with Gasteiger partial charge in [-0.05, 0) is 33.6 Å². The van der Waals surface area contributed by atoms with Crippen LogP contribution in [0.15, 0.2) is 0 Å². The van der Waals surface area contributed by atoms with Crippen molar-refractivity contribution >= 4 is 11.9 Å². The van der Waals surface area contributed by atoms with E-state index in [-0.39, 0.29) is 24.1 Å². The maximum atomic E-state index is 11.8. The number of amides is 3. The van der Waals surface area contributed by atoms with Gasteiger partial charge in [-0.3, -0.25) is 15.0 Å². The molecule has 1 rings (SSSR count). The number of likely N-dealkylation sites (tertiary alicyclic amines) is 1. The lowest BCUT2D eigenvalue weighted by Gasteiger charge is -2.33. The van der Waals surface area contributed by atoms with Crippen molar-refractivity contribution in [2.24, 2.45) is 0 Å². The van der Waals surface area contributed by atoms with Crippen molar-refractivity contribution in [2.75, 3.05) is 13.1 Å². The molecule has 6 heteroatoms. The summed E-state index contributed by atoms with van der Waals surface area (Å²) >= 11 is 0. The van der Waals surface area contributed by atoms with Gasteiger partial charge in [0.1, 0.15) is 0 Å². The van der Waals surface area contributed by atoms with Crippen molar-refractivity contribution in [3.63, 3.8) is 0 Å². The Kier molecular flexibility index (Phi) is 5.55. The number of carbonyl (C=O) groups excluding carboxylic acids is 2. The number of rotatable bonds is 3. The maximum Gasteiger partial charge on any atom is 0.321 e. The Hall–Kier alpha value is -1.14. The van der Waals surface area contributed by atoms with Gasteiger partial charge < -0.3 is 10.4 Å². The molecule has 1 aliphatic heterocycles. The van der Waals surface area contributed by atoms with Crippen LogP contribution in [0.25, 0.3) is 0 Å². The van der Waals surface area contributed by atoms with E-state index in [0.29, 0.717) is 25.9 Å². The minimum atomic E-state index is -0.459. The van der Waals surface area contributed by atoms with Gasteiger partial charge in [0.05, 0.1) is 12.1 Å². The molecule has 6 nitrogen and oxygen atoms in total. The fourth-order valence-corrected chi connectivity index (χ4v) is 1.95. The Bertz CT molecular complexity index is 299. The van der Waals surface area contributed by atoms with Gasteiger partial charge in [-0.1, -0.05) is 0 Å². The lowest BCUT2D eigenvalue weighted by Crippen LogP contribution is -2.52. The molecule has 1 heterocycles. The Morgan fingerprint density at radius 2 is 1.78 bits per heavy atom. The fourth-order valence-electron chi connectivity index (χ4n) is 1.95. The molecule has 3 N–H and O–H groups in total. The number of hydrogen-bond donors (Lipinski definition) is 3. The molecule has 3 amide bonds. The standard InChI is InChI=1S/C12H23N3O3/c1-8(2)13-12(18)14-11(17)9(3)15-6-4-10(16)5-7-15/h8-10,16H,4-7H2,1-3H3,(H2,13,14,17,18). The van der Waals surface area contributed by atoms with Crippen LogP contribution < -0.4 is 10.6 Å². The second kappa shape index (κ2) is 6.70. The predicted molar refractivity (Wildman–Crippen MR) is 68.1 cm³/mol. The lowest BCUT2D eigenvalue weighted by atomic mass is 10.1. The average molecular weight is 257 g/mol. The number of urea groups is 1. The van der Waals surface area contributed by atoms with Crippen LogP contribution in [0.3, 0.4) is 0 Å². The first-order valence-corrected chi connectivity index (χ1v) is 6.43. The molecule has 1 aliphatic rings. The third kappa shape index (κ3) is 4.62. The molecular formula is C12H23N3O3. The minimum Gasteiger partial charge on any atom is -0.393 e. The van der Waals surface area contributed by atoms with Crippen molar-refractivity contribution in [3.05, 3.63) is 0 Å². The summed E-state index contributed by atoms with van der Waals surface area (Å²) in [7, 11) is 0. The zero-order valence-corrected chi connectivity index (χ0v) is 11.3. The van der Waals surface area contributed by atoms with E-state index in [1.54, 1.807) is 6.92 Å². The number of aliphatic hydroxyl groups is 1. The molecule has 104 valence electrons. The molecule has 0 radical (unpaired) electrons. The summed E-state index contributed by atoms with van der Waals surface area (Å²) < 4.78 is 0. The van der Waals surface area contributed by atoms with E-state index >= 15 is 0 Å². The van der Waals surface area contributed by atoms with Gasteiger partial charge in [0.2, 0.25) is 5.91 Å². The van der Waals surface area contributed by atoms with E-state index < -0.39 is 6.03 Å². The van der Waals surface area contributed by atoms with Gasteiger partial charge in [0, 0.05) is 19.1 Å². The second-order valence-electron chi connectivity index (χ2n) is 5.06. The highest BCUT2D eigenvalue weighted by Crippen LogP contribution is 2.12. The Balaban J connectivity index is 2.39. The summed E-state index contributed by atoms with van der Waals surface area (Å²) in [5, 5.41) is 14.3. The number of imide groups is 1. The van der Waals surface area contributed by atoms with Gasteiger partial charge in [-0.25, -0.2) is 4.79 Å². The summed E-state index contributed by atoms with van der Waals surface area (Å²) in [5.41, 5.74) is 0. The number of nitrogens with one attached hydrogen (secondary N) is 2. The van der Waals surface area contributed by atoms with Gasteiger partial charge >= 0.3 is 6.03 Å². The number of piperidine rings is 1. The number of nitrogens with zero attached hydrogens (tertiary/aromatic N) is 1. The number of carbonyl (C=O) groups is 2. The molecule has 0 aromatic rings. The molecular weight excluding hydrogens is 234 g/mol. The van der Waals surface area contributed by atoms with E-state index in [2.05, 4.69) is 10.6 Å². The van der Waals surface area contributed by atoms with E-state index in [9.17, 15) is 14.7 Å². The summed E-state index contributed by atoms with van der Waals surface area (Å²) in [5.74, 6) is -0.301. The molecule has 18 heavy (non-hydrogen) atoms. The van der Waals surface area contributed by atoms with Gasteiger partial charge in [0.15, 0.2) is 0 Å². The normalized spacial score (nSPS) is 19.6. The van der Waals surface area contributed by atoms with Gasteiger partial charge in [-0.2, -0.15) is 0 Å². The molecule has 0 aromatic heterocycles. The third-order valence-corrected chi connectivity index (χ3v) is 3.08. The summed E-state index contributed by atoms with van der Waals surface area (Å²) in [6, 6.07) is -0.812. The molecule has 0 aromatic carbocycles. The second-order valence-corrected chi connectivity index (χ2v) is 5.06. The van der Waals surface area contributed by atoms with Crippen LogP contribution >= 0.6 is 0 Å². The largest absolute Gasteiger partial charge is 0.393 e. The molecule has 0 aliphatic carbocycles. The van der Waals surface area contributed by atoms with Crippen molar-refractivity contribution in [1.29, 1.82) is 0 Å². The summed E-state index contributed by atoms with van der Waals surface area (Å²) in [6.07, 6.45) is 1.09. The van der Waals surface area contributed by atoms with Crippen molar-refractivity contribution in [3.8, 4) is 0 Å². The highest BCUT2D eigenvalue weighted by molar-refractivity contribution is 5.96. The Morgan fingerprint density at radius 1 is 1.22 bits per heavy atom. The number of aliphatic hydroxyl groups excluding tert-OH is 1. The van der Waals surface area contributed by atoms with Crippen LogP contribution in [0.5, 0.6) is 0 Å². The summed E-state index contributed by atoms with van der Waals surface area (Å²) in [6.45, 7) is 6.80. The molecule has 1 saturated heterocycles. The van der Waals surface area contributed by atoms with Crippen LogP contribution in [0, 0.1) is 0 Å². The van der Waals surface area contributed by atoms with E-state index in [0.717, 1.165) is 0 Å². The van der Waals surface area contributed by atoms with Crippen LogP contribution in [0.2, 0.25) is 0 Å². The van der Waals surface area contributed by atoms with Crippen LogP contribution in [-0.2, 0) is 4.79 Å². The van der Waals surface area contributed by atoms with Gasteiger partial charge in [0.25, 0.3) is 0 Å². The Morgan fingerprint density at radius 3 is 2.28 bits per heavy atom. The molecule has 1 fully saturated rings. The molecule has 1 atom stereocenters. The fraction of sp³-hybridized carbons (Fsp3) is 0.833. The molecule has 0 bridgehead atoms. The topological polar surface area (TPSA) is 81.7 Å². The van der Waals surface area contributed by atoms with E-state index in [1.807, 2.05) is 18.7 Å². The highest BCUT2D eigenvalue weighted by atomic mass is 16.3. The van der Waals surface area contributed by atoms with Gasteiger partial charge in [-0.15, -0.1) is 0 Å². The molecule has 0 saturated carbocycles. The van der Waals surface area contributed by atoms with E-state index in [4.69, 9.17) is 0 Å². The van der Waals surface area contributed by atoms with Crippen molar-refractivity contribution in [1.82, 2.24) is 15.5 Å². The average Bonchev–Trinajstić information content (AvgIpc) is 2.27. The first kappa shape index (κ1) is 14.9. The zero-order valence-electron chi connectivity index (χ0n) is 11.3. The highest BCUT2D eigenvalue weighted by Gasteiger charge is 2.26. The van der Waals surface area contributed by atoms with Crippen LogP contribution in [0.1, 0.15) is 33.6 Å².